The summed E-state index contributed by atoms with van der Waals surface area (Å²) in [6.45, 7) is 0.745. The van der Waals surface area contributed by atoms with E-state index >= 15 is 0 Å². The van der Waals surface area contributed by atoms with Gasteiger partial charge in [0, 0.05) is 31.0 Å². The molecule has 2 aromatic carbocycles. The van der Waals surface area contributed by atoms with E-state index in [0.717, 1.165) is 5.56 Å². The Morgan fingerprint density at radius 2 is 1.76 bits per heavy atom. The minimum Gasteiger partial charge on any atom is -0.403 e. The van der Waals surface area contributed by atoms with E-state index in [1.807, 2.05) is 24.3 Å². The Hall–Kier alpha value is -3.89. The largest absolute Gasteiger partial charge is 0.403 e. The molecule has 1 aliphatic heterocycles. The lowest BCUT2D eigenvalue weighted by atomic mass is 10.0. The zero-order chi connectivity index (χ0) is 22.8. The molecule has 2 aromatic heterocycles. The first-order valence-corrected chi connectivity index (χ1v) is 11.7. The fraction of sp³-hybridized carbons (Fsp3) is 0.130. The summed E-state index contributed by atoms with van der Waals surface area (Å²) in [7, 11) is -3.68. The van der Waals surface area contributed by atoms with E-state index in [4.69, 9.17) is 4.42 Å². The molecule has 0 saturated carbocycles. The third-order valence-corrected chi connectivity index (χ3v) is 7.26. The molecule has 0 radical (unpaired) electrons. The lowest BCUT2D eigenvalue weighted by molar-refractivity contribution is 0.102. The maximum absolute atomic E-state index is 13.1. The van der Waals surface area contributed by atoms with Crippen molar-refractivity contribution in [2.45, 2.75) is 17.9 Å². The van der Waals surface area contributed by atoms with Gasteiger partial charge >= 0.3 is 6.01 Å². The van der Waals surface area contributed by atoms with E-state index < -0.39 is 15.9 Å². The van der Waals surface area contributed by atoms with Gasteiger partial charge in [-0.1, -0.05) is 29.4 Å². The van der Waals surface area contributed by atoms with Gasteiger partial charge in [0.1, 0.15) is 0 Å². The normalized spacial score (nSPS) is 13.9. The van der Waals surface area contributed by atoms with Crippen LogP contribution in [0.4, 0.5) is 6.01 Å². The summed E-state index contributed by atoms with van der Waals surface area (Å²) in [5.74, 6) is -0.268. The standard InChI is InChI=1S/C23H19N5O4S/c29-21(25-23-27-26-22(32-23)18-6-3-12-24-14-18)17-7-9-20(10-8-17)33(30,31)28-13-11-16-4-1-2-5-19(16)15-28/h1-10,12,14H,11,13,15H2,(H,25,27,29). The van der Waals surface area contributed by atoms with Crippen LogP contribution in [-0.4, -0.2) is 40.4 Å². The van der Waals surface area contributed by atoms with E-state index in [2.05, 4.69) is 20.5 Å². The Bertz CT molecular complexity index is 1400. The predicted octanol–water partition coefficient (Wildman–Crippen LogP) is 3.13. The van der Waals surface area contributed by atoms with E-state index in [1.54, 1.807) is 24.5 Å². The molecule has 3 heterocycles. The number of hydrogen-bond acceptors (Lipinski definition) is 7. The number of pyridine rings is 1. The Balaban J connectivity index is 1.28. The lowest BCUT2D eigenvalue weighted by Gasteiger charge is -2.28. The highest BCUT2D eigenvalue weighted by molar-refractivity contribution is 7.89. The quantitative estimate of drug-likeness (QED) is 0.485. The van der Waals surface area contributed by atoms with Crippen LogP contribution < -0.4 is 5.32 Å². The number of sulfonamides is 1. The van der Waals surface area contributed by atoms with E-state index in [0.29, 0.717) is 25.1 Å². The number of anilines is 1. The lowest BCUT2D eigenvalue weighted by Crippen LogP contribution is -2.35. The number of benzene rings is 2. The second-order valence-corrected chi connectivity index (χ2v) is 9.43. The predicted molar refractivity (Wildman–Crippen MR) is 120 cm³/mol. The summed E-state index contributed by atoms with van der Waals surface area (Å²) in [5.41, 5.74) is 3.07. The van der Waals surface area contributed by atoms with Crippen molar-refractivity contribution in [2.75, 3.05) is 11.9 Å². The van der Waals surface area contributed by atoms with Crippen LogP contribution in [0.3, 0.4) is 0 Å². The number of rotatable bonds is 5. The zero-order valence-corrected chi connectivity index (χ0v) is 18.2. The second-order valence-electron chi connectivity index (χ2n) is 7.49. The molecular formula is C23H19N5O4S. The van der Waals surface area contributed by atoms with Crippen molar-refractivity contribution < 1.29 is 17.6 Å². The monoisotopic (exact) mass is 461 g/mol. The molecule has 9 nitrogen and oxygen atoms in total. The number of hydrogen-bond donors (Lipinski definition) is 1. The molecule has 10 heteroatoms. The maximum Gasteiger partial charge on any atom is 0.322 e. The Morgan fingerprint density at radius 3 is 2.52 bits per heavy atom. The zero-order valence-electron chi connectivity index (χ0n) is 17.4. The summed E-state index contributed by atoms with van der Waals surface area (Å²) in [5, 5.41) is 10.2. The first-order valence-electron chi connectivity index (χ1n) is 10.2. The van der Waals surface area contributed by atoms with Crippen molar-refractivity contribution in [1.29, 1.82) is 0 Å². The minimum atomic E-state index is -3.68. The topological polar surface area (TPSA) is 118 Å². The molecule has 5 rings (SSSR count). The highest BCUT2D eigenvalue weighted by Gasteiger charge is 2.28. The molecule has 0 fully saturated rings. The van der Waals surface area contributed by atoms with Gasteiger partial charge in [-0.05, 0) is 53.9 Å². The summed E-state index contributed by atoms with van der Waals surface area (Å²) in [6.07, 6.45) is 3.86. The maximum atomic E-state index is 13.1. The molecule has 4 aromatic rings. The van der Waals surface area contributed by atoms with Gasteiger partial charge in [-0.15, -0.1) is 5.10 Å². The van der Waals surface area contributed by atoms with Crippen molar-refractivity contribution in [3.63, 3.8) is 0 Å². The van der Waals surface area contributed by atoms with Crippen LogP contribution in [0.1, 0.15) is 21.5 Å². The SMILES string of the molecule is O=C(Nc1nnc(-c2cccnc2)o1)c1ccc(S(=O)(=O)N2CCc3ccccc3C2)cc1. The molecule has 1 N–H and O–H groups in total. The molecule has 1 amide bonds. The molecule has 1 aliphatic rings. The summed E-state index contributed by atoms with van der Waals surface area (Å²) < 4.78 is 33.1. The molecule has 0 atom stereocenters. The number of carbonyl (C=O) groups is 1. The van der Waals surface area contributed by atoms with Gasteiger partial charge in [-0.2, -0.15) is 4.31 Å². The molecule has 0 unspecified atom stereocenters. The smallest absolute Gasteiger partial charge is 0.322 e. The van der Waals surface area contributed by atoms with Crippen LogP contribution in [0, 0.1) is 0 Å². The fourth-order valence-electron chi connectivity index (χ4n) is 3.65. The third kappa shape index (κ3) is 4.26. The Morgan fingerprint density at radius 1 is 0.970 bits per heavy atom. The first-order chi connectivity index (χ1) is 16.0. The molecule has 0 saturated heterocycles. The highest BCUT2D eigenvalue weighted by atomic mass is 32.2. The average Bonchev–Trinajstić information content (AvgIpc) is 3.33. The van der Waals surface area contributed by atoms with Crippen LogP contribution >= 0.6 is 0 Å². The number of fused-ring (bicyclic) bond motifs is 1. The summed E-state index contributed by atoms with van der Waals surface area (Å²) in [6, 6.07) is 17.0. The molecule has 0 spiro atoms. The van der Waals surface area contributed by atoms with Crippen LogP contribution in [0.25, 0.3) is 11.5 Å². The number of aromatic nitrogens is 3. The molecular weight excluding hydrogens is 442 g/mol. The molecule has 166 valence electrons. The van der Waals surface area contributed by atoms with Gasteiger partial charge in [0.25, 0.3) is 11.8 Å². The van der Waals surface area contributed by atoms with Gasteiger partial charge in [-0.25, -0.2) is 8.42 Å². The molecule has 0 bridgehead atoms. The molecule has 33 heavy (non-hydrogen) atoms. The number of nitrogens with zero attached hydrogens (tertiary/aromatic N) is 4. The third-order valence-electron chi connectivity index (χ3n) is 5.40. The van der Waals surface area contributed by atoms with Gasteiger partial charge in [0.2, 0.25) is 10.0 Å². The van der Waals surface area contributed by atoms with Gasteiger partial charge in [0.15, 0.2) is 0 Å². The van der Waals surface area contributed by atoms with Gasteiger partial charge in [0.05, 0.1) is 10.5 Å². The van der Waals surface area contributed by atoms with Crippen molar-refractivity contribution in [3.05, 3.63) is 89.7 Å². The van der Waals surface area contributed by atoms with E-state index in [9.17, 15) is 13.2 Å². The highest BCUT2D eigenvalue weighted by Crippen LogP contribution is 2.25. The van der Waals surface area contributed by atoms with Gasteiger partial charge in [-0.3, -0.25) is 15.1 Å². The van der Waals surface area contributed by atoms with Crippen LogP contribution in [-0.2, 0) is 23.0 Å². The summed E-state index contributed by atoms with van der Waals surface area (Å²) in [4.78, 5) is 16.7. The Labute approximate surface area is 190 Å². The number of amides is 1. The Kier molecular flexibility index (Phi) is 5.45. The average molecular weight is 462 g/mol. The second kappa shape index (κ2) is 8.57. The van der Waals surface area contributed by atoms with Crippen molar-refractivity contribution >= 4 is 21.9 Å². The van der Waals surface area contributed by atoms with E-state index in [1.165, 1.54) is 34.1 Å². The first kappa shape index (κ1) is 21.0. The van der Waals surface area contributed by atoms with Crippen LogP contribution in [0.15, 0.2) is 82.4 Å². The van der Waals surface area contributed by atoms with Crippen molar-refractivity contribution in [2.24, 2.45) is 0 Å². The van der Waals surface area contributed by atoms with Crippen molar-refractivity contribution in [1.82, 2.24) is 19.5 Å². The van der Waals surface area contributed by atoms with E-state index in [-0.39, 0.29) is 22.4 Å². The molecule has 0 aliphatic carbocycles. The van der Waals surface area contributed by atoms with Gasteiger partial charge < -0.3 is 4.42 Å². The minimum absolute atomic E-state index is 0.0671. The fourth-order valence-corrected chi connectivity index (χ4v) is 5.07. The number of carbonyl (C=O) groups excluding carboxylic acids is 1. The number of nitrogens with one attached hydrogen (secondary N) is 1. The van der Waals surface area contributed by atoms with Crippen LogP contribution in [0.2, 0.25) is 0 Å². The van der Waals surface area contributed by atoms with Crippen molar-refractivity contribution in [3.8, 4) is 11.5 Å². The van der Waals surface area contributed by atoms with Crippen LogP contribution in [0.5, 0.6) is 0 Å². The summed E-state index contributed by atoms with van der Waals surface area (Å²) >= 11 is 0.